The molecule has 0 radical (unpaired) electrons. The predicted molar refractivity (Wildman–Crippen MR) is 81.9 cm³/mol. The molecule has 0 bridgehead atoms. The highest BCUT2D eigenvalue weighted by molar-refractivity contribution is 5.62. The molecule has 1 N–H and O–H groups in total. The molecule has 1 spiro atoms. The van der Waals surface area contributed by atoms with Gasteiger partial charge in [0.25, 0.3) is 0 Å². The zero-order valence-corrected chi connectivity index (χ0v) is 12.3. The predicted octanol–water partition coefficient (Wildman–Crippen LogP) is 3.00. The first-order valence-electron chi connectivity index (χ1n) is 7.84. The van der Waals surface area contributed by atoms with Crippen molar-refractivity contribution in [3.05, 3.63) is 29.3 Å². The average Bonchev–Trinajstić information content (AvgIpc) is 2.44. The van der Waals surface area contributed by atoms with Crippen molar-refractivity contribution in [2.24, 2.45) is 5.41 Å². The minimum absolute atomic E-state index is 0.574. The first-order valence-corrected chi connectivity index (χ1v) is 7.84. The van der Waals surface area contributed by atoms with E-state index < -0.39 is 0 Å². The van der Waals surface area contributed by atoms with Crippen LogP contribution in [0.1, 0.15) is 37.8 Å². The molecule has 2 aliphatic rings. The topological polar surface area (TPSA) is 15.3 Å². The maximum Gasteiger partial charge on any atom is 0.0431 e. The van der Waals surface area contributed by atoms with Crippen LogP contribution < -0.4 is 10.2 Å². The molecule has 104 valence electrons. The fourth-order valence-electron chi connectivity index (χ4n) is 3.84. The van der Waals surface area contributed by atoms with Crippen molar-refractivity contribution < 1.29 is 0 Å². The monoisotopic (exact) mass is 258 g/mol. The highest BCUT2D eigenvalue weighted by Crippen LogP contribution is 2.41. The lowest BCUT2D eigenvalue weighted by Gasteiger charge is -2.54. The first-order chi connectivity index (χ1) is 9.28. The van der Waals surface area contributed by atoms with E-state index in [4.69, 9.17) is 0 Å². The van der Waals surface area contributed by atoms with E-state index in [0.717, 1.165) is 12.8 Å². The molecule has 0 aliphatic carbocycles. The Hall–Kier alpha value is -1.02. The maximum atomic E-state index is 3.58. The number of benzene rings is 1. The van der Waals surface area contributed by atoms with Gasteiger partial charge in [-0.05, 0) is 43.4 Å². The Morgan fingerprint density at radius 3 is 2.37 bits per heavy atom. The summed E-state index contributed by atoms with van der Waals surface area (Å²) in [5, 5.41) is 3.58. The van der Waals surface area contributed by atoms with E-state index in [1.807, 2.05) is 0 Å². The second kappa shape index (κ2) is 5.16. The van der Waals surface area contributed by atoms with Gasteiger partial charge in [-0.15, -0.1) is 0 Å². The lowest BCUT2D eigenvalue weighted by molar-refractivity contribution is 0.156. The Morgan fingerprint density at radius 1 is 1.16 bits per heavy atom. The van der Waals surface area contributed by atoms with E-state index in [0.29, 0.717) is 5.41 Å². The van der Waals surface area contributed by atoms with Crippen molar-refractivity contribution in [2.75, 3.05) is 31.1 Å². The summed E-state index contributed by atoms with van der Waals surface area (Å²) in [6.45, 7) is 9.49. The summed E-state index contributed by atoms with van der Waals surface area (Å²) in [4.78, 5) is 2.63. The maximum absolute atomic E-state index is 3.58. The van der Waals surface area contributed by atoms with Crippen LogP contribution in [0.25, 0.3) is 0 Å². The molecule has 2 fully saturated rings. The fraction of sp³-hybridized carbons (Fsp3) is 0.647. The van der Waals surface area contributed by atoms with E-state index in [-0.39, 0.29) is 0 Å². The van der Waals surface area contributed by atoms with Crippen LogP contribution >= 0.6 is 0 Å². The van der Waals surface area contributed by atoms with E-state index in [1.165, 1.54) is 50.1 Å². The summed E-state index contributed by atoms with van der Waals surface area (Å²) in [6, 6.07) is 6.83. The molecule has 0 saturated carbocycles. The molecule has 2 heteroatoms. The second-order valence-electron chi connectivity index (χ2n) is 6.27. The largest absolute Gasteiger partial charge is 0.370 e. The molecule has 2 aliphatic heterocycles. The number of nitrogens with zero attached hydrogens (tertiary/aromatic N) is 1. The first kappa shape index (κ1) is 13.0. The van der Waals surface area contributed by atoms with E-state index in [1.54, 1.807) is 5.69 Å². The van der Waals surface area contributed by atoms with Crippen LogP contribution in [-0.2, 0) is 12.8 Å². The van der Waals surface area contributed by atoms with Gasteiger partial charge in [-0.25, -0.2) is 0 Å². The minimum Gasteiger partial charge on any atom is -0.370 e. The van der Waals surface area contributed by atoms with Gasteiger partial charge in [0.05, 0.1) is 0 Å². The van der Waals surface area contributed by atoms with E-state index in [9.17, 15) is 0 Å². The molecule has 1 aromatic rings. The SMILES string of the molecule is CCc1cccc(CC)c1N1CC2(CCCNC2)C1. The fourth-order valence-corrected chi connectivity index (χ4v) is 3.84. The quantitative estimate of drug-likeness (QED) is 0.896. The van der Waals surface area contributed by atoms with Crippen LogP contribution in [0, 0.1) is 5.41 Å². The van der Waals surface area contributed by atoms with Crippen LogP contribution in [-0.4, -0.2) is 26.2 Å². The van der Waals surface area contributed by atoms with E-state index in [2.05, 4.69) is 42.3 Å². The lowest BCUT2D eigenvalue weighted by Crippen LogP contribution is -2.62. The van der Waals surface area contributed by atoms with Crippen LogP contribution in [0.15, 0.2) is 18.2 Å². The second-order valence-corrected chi connectivity index (χ2v) is 6.27. The van der Waals surface area contributed by atoms with Crippen molar-refractivity contribution in [3.8, 4) is 0 Å². The number of aryl methyl sites for hydroxylation is 2. The van der Waals surface area contributed by atoms with Crippen molar-refractivity contribution in [2.45, 2.75) is 39.5 Å². The molecular weight excluding hydrogens is 232 g/mol. The molecular formula is C17H26N2. The lowest BCUT2D eigenvalue weighted by atomic mass is 9.73. The van der Waals surface area contributed by atoms with Gasteiger partial charge in [-0.1, -0.05) is 32.0 Å². The zero-order chi connectivity index (χ0) is 13.3. The van der Waals surface area contributed by atoms with Crippen molar-refractivity contribution >= 4 is 5.69 Å². The highest BCUT2D eigenvalue weighted by Gasteiger charge is 2.44. The number of piperidine rings is 1. The molecule has 0 unspecified atom stereocenters. The summed E-state index contributed by atoms with van der Waals surface area (Å²) >= 11 is 0. The normalized spacial score (nSPS) is 21.5. The molecule has 2 heterocycles. The third kappa shape index (κ3) is 2.27. The van der Waals surface area contributed by atoms with Crippen molar-refractivity contribution in [1.29, 1.82) is 0 Å². The molecule has 0 atom stereocenters. The van der Waals surface area contributed by atoms with Gasteiger partial charge in [0.2, 0.25) is 0 Å². The van der Waals surface area contributed by atoms with Gasteiger partial charge in [0.1, 0.15) is 0 Å². The molecule has 2 nitrogen and oxygen atoms in total. The van der Waals surface area contributed by atoms with Crippen molar-refractivity contribution in [1.82, 2.24) is 5.32 Å². The van der Waals surface area contributed by atoms with Crippen LogP contribution in [0.5, 0.6) is 0 Å². The summed E-state index contributed by atoms with van der Waals surface area (Å²) in [5.41, 5.74) is 5.17. The van der Waals surface area contributed by atoms with Gasteiger partial charge in [0, 0.05) is 30.7 Å². The third-order valence-corrected chi connectivity index (χ3v) is 4.89. The van der Waals surface area contributed by atoms with Crippen LogP contribution in [0.2, 0.25) is 0 Å². The number of para-hydroxylation sites is 1. The third-order valence-electron chi connectivity index (χ3n) is 4.89. The van der Waals surface area contributed by atoms with Crippen LogP contribution in [0.3, 0.4) is 0 Å². The standard InChI is InChI=1S/C17H26N2/c1-3-14-7-5-8-15(4-2)16(14)19-12-17(13-19)9-6-10-18-11-17/h5,7-8,18H,3-4,6,9-13H2,1-2H3. The Kier molecular flexibility index (Phi) is 3.53. The van der Waals surface area contributed by atoms with Gasteiger partial charge < -0.3 is 10.2 Å². The minimum atomic E-state index is 0.574. The average molecular weight is 258 g/mol. The molecule has 0 amide bonds. The summed E-state index contributed by atoms with van der Waals surface area (Å²) in [5.74, 6) is 0. The Balaban J connectivity index is 1.80. The molecule has 0 aromatic heterocycles. The van der Waals surface area contributed by atoms with Gasteiger partial charge in [0.15, 0.2) is 0 Å². The van der Waals surface area contributed by atoms with Crippen molar-refractivity contribution in [3.63, 3.8) is 0 Å². The summed E-state index contributed by atoms with van der Waals surface area (Å²) < 4.78 is 0. The number of nitrogens with one attached hydrogen (secondary N) is 1. The Morgan fingerprint density at radius 2 is 1.84 bits per heavy atom. The van der Waals surface area contributed by atoms with Gasteiger partial charge in [-0.3, -0.25) is 0 Å². The smallest absolute Gasteiger partial charge is 0.0431 e. The van der Waals surface area contributed by atoms with Crippen LogP contribution in [0.4, 0.5) is 5.69 Å². The molecule has 1 aromatic carbocycles. The number of hydrogen-bond acceptors (Lipinski definition) is 2. The molecule has 19 heavy (non-hydrogen) atoms. The number of rotatable bonds is 3. The molecule has 3 rings (SSSR count). The number of anilines is 1. The zero-order valence-electron chi connectivity index (χ0n) is 12.3. The summed E-state index contributed by atoms with van der Waals surface area (Å²) in [6.07, 6.45) is 5.05. The highest BCUT2D eigenvalue weighted by atomic mass is 15.2. The molecule has 2 saturated heterocycles. The number of hydrogen-bond donors (Lipinski definition) is 1. The summed E-state index contributed by atoms with van der Waals surface area (Å²) in [7, 11) is 0. The Bertz CT molecular complexity index is 416. The van der Waals surface area contributed by atoms with Gasteiger partial charge in [-0.2, -0.15) is 0 Å². The Labute approximate surface area is 117 Å². The van der Waals surface area contributed by atoms with Gasteiger partial charge >= 0.3 is 0 Å². The van der Waals surface area contributed by atoms with E-state index >= 15 is 0 Å².